The van der Waals surface area contributed by atoms with Crippen molar-refractivity contribution in [3.05, 3.63) is 23.5 Å². The minimum Gasteiger partial charge on any atom is -0.464 e. The average Bonchev–Trinajstić information content (AvgIpc) is 2.80. The van der Waals surface area contributed by atoms with Gasteiger partial charge in [-0.1, -0.05) is 0 Å². The van der Waals surface area contributed by atoms with Crippen LogP contribution in [0.2, 0.25) is 0 Å². The maximum Gasteiger partial charge on any atom is 0.411 e. The number of esters is 1. The van der Waals surface area contributed by atoms with Crippen LogP contribution in [0.4, 0.5) is 13.2 Å². The van der Waals surface area contributed by atoms with Crippen LogP contribution in [0.25, 0.3) is 0 Å². The number of halogens is 3. The number of aromatic nitrogens is 1. The van der Waals surface area contributed by atoms with Crippen molar-refractivity contribution in [3.63, 3.8) is 0 Å². The van der Waals surface area contributed by atoms with Crippen molar-refractivity contribution >= 4 is 5.97 Å². The molecule has 0 bridgehead atoms. The van der Waals surface area contributed by atoms with Gasteiger partial charge in [-0.2, -0.15) is 13.2 Å². The fourth-order valence-corrected chi connectivity index (χ4v) is 1.33. The molecule has 0 saturated carbocycles. The monoisotopic (exact) mass is 280 g/mol. The normalized spacial score (nSPS) is 11.6. The summed E-state index contributed by atoms with van der Waals surface area (Å²) < 4.78 is 44.2. The van der Waals surface area contributed by atoms with Crippen LogP contribution in [0.1, 0.15) is 16.2 Å². The lowest BCUT2D eigenvalue weighted by Gasteiger charge is -2.07. The van der Waals surface area contributed by atoms with Crippen molar-refractivity contribution in [1.29, 1.82) is 0 Å². The summed E-state index contributed by atoms with van der Waals surface area (Å²) in [5.41, 5.74) is 1.06. The Labute approximate surface area is 108 Å². The number of alkyl halides is 3. The Kier molecular flexibility index (Phi) is 5.84. The van der Waals surface area contributed by atoms with Crippen LogP contribution in [0.3, 0.4) is 0 Å². The van der Waals surface area contributed by atoms with E-state index in [1.807, 2.05) is 0 Å². The zero-order valence-electron chi connectivity index (χ0n) is 10.3. The topological polar surface area (TPSA) is 63.4 Å². The predicted octanol–water partition coefficient (Wildman–Crippen LogP) is 1.47. The molecule has 0 amide bonds. The Morgan fingerprint density at radius 2 is 2.16 bits per heavy atom. The number of methoxy groups -OCH3 is 1. The largest absolute Gasteiger partial charge is 0.464 e. The maximum atomic E-state index is 11.7. The number of H-pyrrole nitrogens is 1. The third-order valence-electron chi connectivity index (χ3n) is 2.16. The first-order valence-corrected chi connectivity index (χ1v) is 5.54. The quantitative estimate of drug-likeness (QED) is 0.586. The van der Waals surface area contributed by atoms with Crippen molar-refractivity contribution in [2.45, 2.75) is 12.7 Å². The second-order valence-electron chi connectivity index (χ2n) is 3.73. The van der Waals surface area contributed by atoms with E-state index in [1.54, 1.807) is 12.1 Å². The number of carbonyl (C=O) groups is 1. The highest BCUT2D eigenvalue weighted by atomic mass is 19.4. The molecule has 0 aliphatic rings. The molecule has 0 aromatic carbocycles. The van der Waals surface area contributed by atoms with Crippen molar-refractivity contribution in [1.82, 2.24) is 10.3 Å². The molecule has 2 N–H and O–H groups in total. The van der Waals surface area contributed by atoms with Crippen molar-refractivity contribution < 1.29 is 27.4 Å². The Morgan fingerprint density at radius 3 is 2.79 bits per heavy atom. The number of rotatable bonds is 7. The molecular weight excluding hydrogens is 265 g/mol. The Hall–Kier alpha value is -1.54. The third-order valence-corrected chi connectivity index (χ3v) is 2.16. The Bertz CT molecular complexity index is 404. The van der Waals surface area contributed by atoms with Crippen LogP contribution in [-0.4, -0.2) is 44.0 Å². The predicted molar refractivity (Wildman–Crippen MR) is 60.7 cm³/mol. The molecule has 0 spiro atoms. The lowest BCUT2D eigenvalue weighted by Crippen LogP contribution is -2.23. The molecule has 1 rings (SSSR count). The first-order chi connectivity index (χ1) is 8.92. The van der Waals surface area contributed by atoms with Gasteiger partial charge >= 0.3 is 12.1 Å². The molecule has 0 saturated heterocycles. The van der Waals surface area contributed by atoms with Gasteiger partial charge in [-0.3, -0.25) is 0 Å². The maximum absolute atomic E-state index is 11.7. The van der Waals surface area contributed by atoms with Crippen LogP contribution in [0.5, 0.6) is 0 Å². The minimum atomic E-state index is -4.30. The molecule has 0 fully saturated rings. The van der Waals surface area contributed by atoms with Crippen molar-refractivity contribution in [2.75, 3.05) is 26.9 Å². The highest BCUT2D eigenvalue weighted by Gasteiger charge is 2.27. The molecule has 108 valence electrons. The molecule has 8 heteroatoms. The fourth-order valence-electron chi connectivity index (χ4n) is 1.33. The molecule has 19 heavy (non-hydrogen) atoms. The number of carbonyl (C=O) groups excluding carboxylic acids is 1. The van der Waals surface area contributed by atoms with Gasteiger partial charge in [0, 0.05) is 18.8 Å². The van der Waals surface area contributed by atoms with E-state index < -0.39 is 18.8 Å². The summed E-state index contributed by atoms with van der Waals surface area (Å²) in [5, 5.41) is 2.88. The zero-order valence-corrected chi connectivity index (χ0v) is 10.3. The van der Waals surface area contributed by atoms with Crippen LogP contribution in [0, 0.1) is 0 Å². The second kappa shape index (κ2) is 7.15. The summed E-state index contributed by atoms with van der Waals surface area (Å²) in [6.07, 6.45) is -4.30. The number of nitrogens with one attached hydrogen (secondary N) is 2. The van der Waals surface area contributed by atoms with E-state index in [4.69, 9.17) is 0 Å². The molecule has 0 atom stereocenters. The summed E-state index contributed by atoms with van der Waals surface area (Å²) >= 11 is 0. The van der Waals surface area contributed by atoms with Crippen LogP contribution in [0.15, 0.2) is 12.1 Å². The van der Waals surface area contributed by atoms with Crippen LogP contribution in [-0.2, 0) is 16.0 Å². The zero-order chi connectivity index (χ0) is 14.3. The molecule has 0 unspecified atom stereocenters. The lowest BCUT2D eigenvalue weighted by molar-refractivity contribution is -0.173. The molecule has 1 aromatic heterocycles. The van der Waals surface area contributed by atoms with E-state index in [2.05, 4.69) is 19.8 Å². The van der Waals surface area contributed by atoms with Gasteiger partial charge in [0.15, 0.2) is 0 Å². The fraction of sp³-hybridized carbons (Fsp3) is 0.545. The Morgan fingerprint density at radius 1 is 1.42 bits per heavy atom. The highest BCUT2D eigenvalue weighted by molar-refractivity contribution is 5.87. The van der Waals surface area contributed by atoms with E-state index >= 15 is 0 Å². The van der Waals surface area contributed by atoms with E-state index in [9.17, 15) is 18.0 Å². The van der Waals surface area contributed by atoms with Gasteiger partial charge in [0.2, 0.25) is 0 Å². The van der Waals surface area contributed by atoms with Gasteiger partial charge in [-0.15, -0.1) is 0 Å². The summed E-state index contributed by atoms with van der Waals surface area (Å²) in [6.45, 7) is -0.608. The number of aromatic amines is 1. The third kappa shape index (κ3) is 6.25. The van der Waals surface area contributed by atoms with E-state index in [1.165, 1.54) is 7.11 Å². The van der Waals surface area contributed by atoms with Gasteiger partial charge in [0.25, 0.3) is 0 Å². The highest BCUT2D eigenvalue weighted by Crippen LogP contribution is 2.13. The van der Waals surface area contributed by atoms with Gasteiger partial charge in [-0.05, 0) is 12.1 Å². The molecular formula is C11H15F3N2O3. The molecule has 0 aliphatic carbocycles. The molecule has 1 heterocycles. The molecule has 0 radical (unpaired) electrons. The second-order valence-corrected chi connectivity index (χ2v) is 3.73. The molecule has 5 nitrogen and oxygen atoms in total. The number of hydrogen-bond donors (Lipinski definition) is 2. The van der Waals surface area contributed by atoms with Crippen molar-refractivity contribution in [2.24, 2.45) is 0 Å². The average molecular weight is 280 g/mol. The van der Waals surface area contributed by atoms with Gasteiger partial charge in [-0.25, -0.2) is 4.79 Å². The first kappa shape index (κ1) is 15.5. The SMILES string of the molecule is COC(=O)c1ccc(CNCCOCC(F)(F)F)[nH]1. The minimum absolute atomic E-state index is 0.0376. The van der Waals surface area contributed by atoms with Crippen LogP contribution >= 0.6 is 0 Å². The summed E-state index contributed by atoms with van der Waals surface area (Å²) in [5.74, 6) is -0.472. The number of ether oxygens (including phenoxy) is 2. The first-order valence-electron chi connectivity index (χ1n) is 5.54. The standard InChI is InChI=1S/C11H15F3N2O3/c1-18-10(17)9-3-2-8(16-9)6-15-4-5-19-7-11(12,13)14/h2-3,15-16H,4-7H2,1H3. The summed E-state index contributed by atoms with van der Waals surface area (Å²) in [7, 11) is 1.28. The summed E-state index contributed by atoms with van der Waals surface area (Å²) in [6, 6.07) is 3.26. The van der Waals surface area contributed by atoms with Crippen molar-refractivity contribution in [3.8, 4) is 0 Å². The summed E-state index contributed by atoms with van der Waals surface area (Å²) in [4.78, 5) is 14.0. The molecule has 1 aromatic rings. The van der Waals surface area contributed by atoms with Gasteiger partial charge < -0.3 is 19.8 Å². The Balaban J connectivity index is 2.16. The van der Waals surface area contributed by atoms with Crippen LogP contribution < -0.4 is 5.32 Å². The lowest BCUT2D eigenvalue weighted by atomic mass is 10.4. The molecule has 0 aliphatic heterocycles. The van der Waals surface area contributed by atoms with E-state index in [0.717, 1.165) is 5.69 Å². The van der Waals surface area contributed by atoms with E-state index in [0.29, 0.717) is 12.2 Å². The number of hydrogen-bond acceptors (Lipinski definition) is 4. The van der Waals surface area contributed by atoms with Gasteiger partial charge in [0.1, 0.15) is 12.3 Å². The van der Waals surface area contributed by atoms with Gasteiger partial charge in [0.05, 0.1) is 13.7 Å². The smallest absolute Gasteiger partial charge is 0.411 e. The van der Waals surface area contributed by atoms with E-state index in [-0.39, 0.29) is 13.2 Å².